The van der Waals surface area contributed by atoms with E-state index in [-0.39, 0.29) is 31.1 Å². The fourth-order valence-corrected chi connectivity index (χ4v) is 8.59. The second-order valence-electron chi connectivity index (χ2n) is 19.6. The normalized spacial score (nSPS) is 12.1. The highest BCUT2D eigenvalue weighted by Crippen LogP contribution is 2.17. The summed E-state index contributed by atoms with van der Waals surface area (Å²) in [5.74, 6) is -0.867. The van der Waals surface area contributed by atoms with E-state index in [2.05, 4.69) is 45.1 Å². The lowest BCUT2D eigenvalue weighted by Gasteiger charge is -2.18. The van der Waals surface area contributed by atoms with Crippen molar-refractivity contribution in [3.63, 3.8) is 0 Å². The van der Waals surface area contributed by atoms with Crippen LogP contribution in [-0.4, -0.2) is 37.2 Å². The monoisotopic (exact) mass is 915 g/mol. The van der Waals surface area contributed by atoms with E-state index >= 15 is 0 Å². The second kappa shape index (κ2) is 54.5. The Balaban J connectivity index is 4.26. The first kappa shape index (κ1) is 62.9. The smallest absolute Gasteiger partial charge is 0.306 e. The van der Waals surface area contributed by atoms with Crippen LogP contribution in [0.4, 0.5) is 0 Å². The van der Waals surface area contributed by atoms with Gasteiger partial charge in [0.2, 0.25) is 0 Å². The molecule has 0 saturated heterocycles. The molecule has 0 spiro atoms. The van der Waals surface area contributed by atoms with Crippen molar-refractivity contribution >= 4 is 17.9 Å². The van der Waals surface area contributed by atoms with Gasteiger partial charge < -0.3 is 14.2 Å². The molecule has 382 valence electrons. The zero-order valence-corrected chi connectivity index (χ0v) is 43.8. The molecule has 0 amide bonds. The topological polar surface area (TPSA) is 78.9 Å². The van der Waals surface area contributed by atoms with Gasteiger partial charge in [0.1, 0.15) is 13.2 Å². The molecule has 0 saturated carbocycles. The molecule has 0 aromatic carbocycles. The summed E-state index contributed by atoms with van der Waals surface area (Å²) in [5, 5.41) is 0. The minimum Gasteiger partial charge on any atom is -0.462 e. The Hall–Kier alpha value is -2.11. The number of hydrogen-bond acceptors (Lipinski definition) is 6. The van der Waals surface area contributed by atoms with Crippen molar-refractivity contribution in [2.24, 2.45) is 0 Å². The maximum Gasteiger partial charge on any atom is 0.306 e. The number of unbranched alkanes of at least 4 members (excludes halogenated alkanes) is 38. The van der Waals surface area contributed by atoms with Crippen LogP contribution >= 0.6 is 0 Å². The minimum absolute atomic E-state index is 0.0717. The predicted molar refractivity (Wildman–Crippen MR) is 279 cm³/mol. The summed E-state index contributed by atoms with van der Waals surface area (Å²) in [6.45, 7) is 6.64. The predicted octanol–water partition coefficient (Wildman–Crippen LogP) is 19.1. The third-order valence-electron chi connectivity index (χ3n) is 13.0. The Kier molecular flexibility index (Phi) is 52.7. The Labute approximate surface area is 404 Å². The number of rotatable bonds is 53. The fraction of sp³-hybridized carbons (Fsp3) is 0.881. The molecule has 0 aliphatic rings. The van der Waals surface area contributed by atoms with Crippen LogP contribution in [0.15, 0.2) is 24.3 Å². The molecule has 0 rings (SSSR count). The number of carbonyl (C=O) groups is 3. The molecule has 0 fully saturated rings. The summed E-state index contributed by atoms with van der Waals surface area (Å²) in [6.07, 6.45) is 63.2. The van der Waals surface area contributed by atoms with Gasteiger partial charge in [-0.25, -0.2) is 0 Å². The number of ether oxygens (including phenoxy) is 3. The Morgan fingerprint density at radius 2 is 0.554 bits per heavy atom. The van der Waals surface area contributed by atoms with Gasteiger partial charge in [-0.1, -0.05) is 270 Å². The van der Waals surface area contributed by atoms with E-state index in [0.717, 1.165) is 77.0 Å². The largest absolute Gasteiger partial charge is 0.462 e. The summed E-state index contributed by atoms with van der Waals surface area (Å²) in [6, 6.07) is 0. The van der Waals surface area contributed by atoms with Crippen molar-refractivity contribution in [1.29, 1.82) is 0 Å². The van der Waals surface area contributed by atoms with Crippen LogP contribution in [0.1, 0.15) is 316 Å². The highest BCUT2D eigenvalue weighted by atomic mass is 16.6. The third-order valence-corrected chi connectivity index (χ3v) is 13.0. The summed E-state index contributed by atoms with van der Waals surface area (Å²) >= 11 is 0. The van der Waals surface area contributed by atoms with Crippen LogP contribution in [0.5, 0.6) is 0 Å². The third kappa shape index (κ3) is 52.7. The van der Waals surface area contributed by atoms with E-state index in [1.807, 2.05) is 0 Å². The molecule has 0 aromatic rings. The van der Waals surface area contributed by atoms with Crippen LogP contribution < -0.4 is 0 Å². The van der Waals surface area contributed by atoms with Gasteiger partial charge in [0.05, 0.1) is 0 Å². The molecule has 0 aromatic heterocycles. The van der Waals surface area contributed by atoms with E-state index in [1.54, 1.807) is 0 Å². The maximum atomic E-state index is 12.8. The van der Waals surface area contributed by atoms with Crippen LogP contribution in [0.25, 0.3) is 0 Å². The van der Waals surface area contributed by atoms with E-state index in [9.17, 15) is 14.4 Å². The van der Waals surface area contributed by atoms with Crippen LogP contribution in [-0.2, 0) is 28.6 Å². The molecule has 65 heavy (non-hydrogen) atoms. The number of esters is 3. The maximum absolute atomic E-state index is 12.8. The average molecular weight is 916 g/mol. The molecule has 1 unspecified atom stereocenters. The SMILES string of the molecule is CCCCC/C=C\C/C=C\CCCCCCCC(=O)OC(COC(=O)CCCCCCCCCCCCC)COC(=O)CCCCCCCCCCCCCCCCCCCCCCC. The first-order valence-corrected chi connectivity index (χ1v) is 28.8. The quantitative estimate of drug-likeness (QED) is 0.0262. The van der Waals surface area contributed by atoms with Gasteiger partial charge in [-0.2, -0.15) is 0 Å². The van der Waals surface area contributed by atoms with E-state index < -0.39 is 6.10 Å². The zero-order valence-electron chi connectivity index (χ0n) is 43.8. The lowest BCUT2D eigenvalue weighted by Crippen LogP contribution is -2.30. The molecule has 6 nitrogen and oxygen atoms in total. The van der Waals surface area contributed by atoms with Gasteiger partial charge in [0.15, 0.2) is 6.10 Å². The summed E-state index contributed by atoms with van der Waals surface area (Å²) in [4.78, 5) is 38.1. The first-order chi connectivity index (χ1) is 32.0. The zero-order chi connectivity index (χ0) is 47.2. The summed E-state index contributed by atoms with van der Waals surface area (Å²) in [5.41, 5.74) is 0. The van der Waals surface area contributed by atoms with Crippen molar-refractivity contribution < 1.29 is 28.6 Å². The first-order valence-electron chi connectivity index (χ1n) is 28.8. The Morgan fingerprint density at radius 1 is 0.308 bits per heavy atom. The molecule has 0 bridgehead atoms. The lowest BCUT2D eigenvalue weighted by atomic mass is 10.0. The second-order valence-corrected chi connectivity index (χ2v) is 19.6. The molecule has 1 atom stereocenters. The molecule has 0 N–H and O–H groups in total. The van der Waals surface area contributed by atoms with Crippen molar-refractivity contribution in [3.05, 3.63) is 24.3 Å². The molecule has 6 heteroatoms. The van der Waals surface area contributed by atoms with Crippen molar-refractivity contribution in [2.45, 2.75) is 322 Å². The summed E-state index contributed by atoms with van der Waals surface area (Å²) < 4.78 is 16.8. The van der Waals surface area contributed by atoms with Gasteiger partial charge in [-0.05, 0) is 51.4 Å². The fourth-order valence-electron chi connectivity index (χ4n) is 8.59. The average Bonchev–Trinajstić information content (AvgIpc) is 3.30. The Bertz CT molecular complexity index is 1050. The van der Waals surface area contributed by atoms with E-state index in [0.29, 0.717) is 19.3 Å². The van der Waals surface area contributed by atoms with Crippen molar-refractivity contribution in [2.75, 3.05) is 13.2 Å². The highest BCUT2D eigenvalue weighted by molar-refractivity contribution is 5.71. The van der Waals surface area contributed by atoms with Crippen molar-refractivity contribution in [1.82, 2.24) is 0 Å². The van der Waals surface area contributed by atoms with Gasteiger partial charge in [0.25, 0.3) is 0 Å². The Morgan fingerprint density at radius 3 is 0.877 bits per heavy atom. The lowest BCUT2D eigenvalue weighted by molar-refractivity contribution is -0.167. The van der Waals surface area contributed by atoms with Gasteiger partial charge in [-0.15, -0.1) is 0 Å². The minimum atomic E-state index is -0.773. The van der Waals surface area contributed by atoms with Gasteiger partial charge >= 0.3 is 17.9 Å². The van der Waals surface area contributed by atoms with Crippen LogP contribution in [0.2, 0.25) is 0 Å². The van der Waals surface area contributed by atoms with Gasteiger partial charge in [0, 0.05) is 19.3 Å². The molecular formula is C59H110O6. The van der Waals surface area contributed by atoms with E-state index in [4.69, 9.17) is 14.2 Å². The van der Waals surface area contributed by atoms with Crippen molar-refractivity contribution in [3.8, 4) is 0 Å². The number of allylic oxidation sites excluding steroid dienone is 4. The van der Waals surface area contributed by atoms with Crippen LogP contribution in [0, 0.1) is 0 Å². The summed E-state index contributed by atoms with van der Waals surface area (Å²) in [7, 11) is 0. The van der Waals surface area contributed by atoms with Gasteiger partial charge in [-0.3, -0.25) is 14.4 Å². The molecule has 0 radical (unpaired) electrons. The standard InChI is InChI=1S/C59H110O6/c1-4-7-10-13-16-19-22-24-26-27-28-29-30-31-33-34-37-40-43-46-49-52-58(61)64-55-56(54-63-57(60)51-48-45-42-39-36-21-18-15-12-9-6-3)65-59(62)53-50-47-44-41-38-35-32-25-23-20-17-14-11-8-5-2/h17,20,25,32,56H,4-16,18-19,21-24,26-31,33-55H2,1-3H3/b20-17-,32-25-. The molecule has 0 heterocycles. The van der Waals surface area contributed by atoms with Crippen LogP contribution in [0.3, 0.4) is 0 Å². The number of carbonyl (C=O) groups excluding carboxylic acids is 3. The highest BCUT2D eigenvalue weighted by Gasteiger charge is 2.19. The van der Waals surface area contributed by atoms with E-state index in [1.165, 1.54) is 199 Å². The molecular weight excluding hydrogens is 805 g/mol. The molecule has 0 aliphatic heterocycles. The number of hydrogen-bond donors (Lipinski definition) is 0. The molecule has 0 aliphatic carbocycles.